The van der Waals surface area contributed by atoms with Crippen LogP contribution in [-0.4, -0.2) is 40.6 Å². The number of aryl methyl sites for hydroxylation is 1. The van der Waals surface area contributed by atoms with E-state index in [9.17, 15) is 0 Å². The Morgan fingerprint density at radius 1 is 1.62 bits per heavy atom. The van der Waals surface area contributed by atoms with Crippen LogP contribution in [0.25, 0.3) is 0 Å². The SMILES string of the molecule is Cc1ccnc(N2CC(CBr)OCC2C)n1. The molecule has 0 amide bonds. The summed E-state index contributed by atoms with van der Waals surface area (Å²) in [5.74, 6) is 0.807. The first-order valence-electron chi connectivity index (χ1n) is 5.44. The summed E-state index contributed by atoms with van der Waals surface area (Å²) in [4.78, 5) is 11.0. The Hall–Kier alpha value is -0.680. The van der Waals surface area contributed by atoms with E-state index in [0.717, 1.165) is 30.1 Å². The second kappa shape index (κ2) is 5.10. The summed E-state index contributed by atoms with van der Waals surface area (Å²) in [6, 6.07) is 2.24. The Bertz CT molecular complexity index is 361. The van der Waals surface area contributed by atoms with Crippen LogP contribution >= 0.6 is 15.9 Å². The van der Waals surface area contributed by atoms with Gasteiger partial charge in [0.15, 0.2) is 0 Å². The number of aromatic nitrogens is 2. The number of rotatable bonds is 2. The minimum absolute atomic E-state index is 0.223. The molecule has 2 rings (SSSR count). The third-order valence-corrected chi connectivity index (χ3v) is 3.44. The molecule has 2 atom stereocenters. The van der Waals surface area contributed by atoms with Crippen molar-refractivity contribution >= 4 is 21.9 Å². The van der Waals surface area contributed by atoms with Crippen molar-refractivity contribution in [3.05, 3.63) is 18.0 Å². The van der Waals surface area contributed by atoms with E-state index in [4.69, 9.17) is 4.74 Å². The van der Waals surface area contributed by atoms with Gasteiger partial charge in [-0.2, -0.15) is 0 Å². The van der Waals surface area contributed by atoms with E-state index in [-0.39, 0.29) is 6.10 Å². The first-order chi connectivity index (χ1) is 7.70. The molecule has 0 N–H and O–H groups in total. The Labute approximate surface area is 104 Å². The molecule has 1 fully saturated rings. The number of anilines is 1. The molecule has 1 aromatic heterocycles. The molecule has 0 bridgehead atoms. The van der Waals surface area contributed by atoms with Crippen LogP contribution in [0.4, 0.5) is 5.95 Å². The van der Waals surface area contributed by atoms with Gasteiger partial charge in [-0.25, -0.2) is 9.97 Å². The second-order valence-corrected chi connectivity index (χ2v) is 4.76. The van der Waals surface area contributed by atoms with E-state index >= 15 is 0 Å². The van der Waals surface area contributed by atoms with Gasteiger partial charge < -0.3 is 9.64 Å². The van der Waals surface area contributed by atoms with Gasteiger partial charge in [0.25, 0.3) is 0 Å². The Kier molecular flexibility index (Phi) is 3.76. The van der Waals surface area contributed by atoms with E-state index in [1.807, 2.05) is 19.2 Å². The highest BCUT2D eigenvalue weighted by atomic mass is 79.9. The van der Waals surface area contributed by atoms with Crippen LogP contribution in [0.1, 0.15) is 12.6 Å². The first-order valence-corrected chi connectivity index (χ1v) is 6.56. The Morgan fingerprint density at radius 3 is 3.12 bits per heavy atom. The van der Waals surface area contributed by atoms with E-state index in [1.54, 1.807) is 0 Å². The molecular formula is C11H16BrN3O. The lowest BCUT2D eigenvalue weighted by molar-refractivity contribution is 0.0373. The van der Waals surface area contributed by atoms with Crippen LogP contribution in [0.3, 0.4) is 0 Å². The molecule has 4 nitrogen and oxygen atoms in total. The van der Waals surface area contributed by atoms with Crippen molar-refractivity contribution in [1.82, 2.24) is 9.97 Å². The van der Waals surface area contributed by atoms with E-state index in [1.165, 1.54) is 0 Å². The topological polar surface area (TPSA) is 38.2 Å². The highest BCUT2D eigenvalue weighted by molar-refractivity contribution is 9.09. The van der Waals surface area contributed by atoms with Crippen molar-refractivity contribution in [2.75, 3.05) is 23.4 Å². The van der Waals surface area contributed by atoms with Crippen molar-refractivity contribution in [3.8, 4) is 0 Å². The van der Waals surface area contributed by atoms with Crippen molar-refractivity contribution in [1.29, 1.82) is 0 Å². The third-order valence-electron chi connectivity index (χ3n) is 2.72. The average molecular weight is 286 g/mol. The Morgan fingerprint density at radius 2 is 2.44 bits per heavy atom. The van der Waals surface area contributed by atoms with Crippen LogP contribution in [0.2, 0.25) is 0 Å². The molecule has 16 heavy (non-hydrogen) atoms. The van der Waals surface area contributed by atoms with Crippen LogP contribution in [0, 0.1) is 6.92 Å². The molecule has 1 aromatic rings. The van der Waals surface area contributed by atoms with E-state index in [0.29, 0.717) is 6.04 Å². The third kappa shape index (κ3) is 2.52. The molecule has 1 saturated heterocycles. The summed E-state index contributed by atoms with van der Waals surface area (Å²) in [5.41, 5.74) is 0.999. The summed E-state index contributed by atoms with van der Waals surface area (Å²) in [7, 11) is 0. The van der Waals surface area contributed by atoms with Gasteiger partial charge in [0, 0.05) is 23.8 Å². The summed E-state index contributed by atoms with van der Waals surface area (Å²) in [6.45, 7) is 5.69. The highest BCUT2D eigenvalue weighted by Crippen LogP contribution is 2.18. The highest BCUT2D eigenvalue weighted by Gasteiger charge is 2.27. The van der Waals surface area contributed by atoms with Gasteiger partial charge in [0.2, 0.25) is 5.95 Å². The number of alkyl halides is 1. The van der Waals surface area contributed by atoms with Gasteiger partial charge in [-0.05, 0) is 19.9 Å². The van der Waals surface area contributed by atoms with Crippen molar-refractivity contribution in [2.24, 2.45) is 0 Å². The second-order valence-electron chi connectivity index (χ2n) is 4.11. The van der Waals surface area contributed by atoms with Gasteiger partial charge in [-0.15, -0.1) is 0 Å². The maximum atomic E-state index is 5.68. The largest absolute Gasteiger partial charge is 0.373 e. The number of nitrogens with zero attached hydrogens (tertiary/aromatic N) is 3. The molecule has 0 aliphatic carbocycles. The predicted octanol–water partition coefficient (Wildman–Crippen LogP) is 1.77. The summed E-state index contributed by atoms with van der Waals surface area (Å²) in [6.07, 6.45) is 2.03. The normalized spacial score (nSPS) is 25.8. The zero-order valence-electron chi connectivity index (χ0n) is 9.56. The molecule has 1 aliphatic heterocycles. The van der Waals surface area contributed by atoms with Crippen LogP contribution in [-0.2, 0) is 4.74 Å². The van der Waals surface area contributed by atoms with Crippen molar-refractivity contribution < 1.29 is 4.74 Å². The number of halogens is 1. The van der Waals surface area contributed by atoms with E-state index < -0.39 is 0 Å². The van der Waals surface area contributed by atoms with Crippen molar-refractivity contribution in [2.45, 2.75) is 26.0 Å². The molecule has 5 heteroatoms. The van der Waals surface area contributed by atoms with Gasteiger partial charge >= 0.3 is 0 Å². The molecule has 0 saturated carbocycles. The molecule has 0 radical (unpaired) electrons. The minimum Gasteiger partial charge on any atom is -0.373 e. The smallest absolute Gasteiger partial charge is 0.225 e. The number of ether oxygens (including phenoxy) is 1. The first kappa shape index (κ1) is 11.8. The fourth-order valence-electron chi connectivity index (χ4n) is 1.76. The maximum Gasteiger partial charge on any atom is 0.225 e. The fraction of sp³-hybridized carbons (Fsp3) is 0.636. The lowest BCUT2D eigenvalue weighted by Gasteiger charge is -2.37. The summed E-state index contributed by atoms with van der Waals surface area (Å²) >= 11 is 3.45. The molecule has 88 valence electrons. The van der Waals surface area contributed by atoms with E-state index in [2.05, 4.69) is 37.7 Å². The number of hydrogen-bond acceptors (Lipinski definition) is 4. The fourth-order valence-corrected chi connectivity index (χ4v) is 2.16. The predicted molar refractivity (Wildman–Crippen MR) is 67.1 cm³/mol. The maximum absolute atomic E-state index is 5.68. The lowest BCUT2D eigenvalue weighted by atomic mass is 10.2. The van der Waals surface area contributed by atoms with Gasteiger partial charge in [0.1, 0.15) is 0 Å². The molecule has 0 aromatic carbocycles. The molecule has 0 spiro atoms. The quantitative estimate of drug-likeness (QED) is 0.777. The Balaban J connectivity index is 2.17. The number of hydrogen-bond donors (Lipinski definition) is 0. The van der Waals surface area contributed by atoms with Gasteiger partial charge in [-0.3, -0.25) is 0 Å². The molecule has 2 heterocycles. The van der Waals surface area contributed by atoms with Crippen molar-refractivity contribution in [3.63, 3.8) is 0 Å². The monoisotopic (exact) mass is 285 g/mol. The van der Waals surface area contributed by atoms with Crippen LogP contribution in [0.5, 0.6) is 0 Å². The molecular weight excluding hydrogens is 270 g/mol. The average Bonchev–Trinajstić information content (AvgIpc) is 2.30. The standard InChI is InChI=1S/C11H16BrN3O/c1-8-3-4-13-11(14-8)15-6-10(5-12)16-7-9(15)2/h3-4,9-10H,5-7H2,1-2H3. The van der Waals surface area contributed by atoms with Crippen LogP contribution in [0.15, 0.2) is 12.3 Å². The van der Waals surface area contributed by atoms with Gasteiger partial charge in [0.05, 0.1) is 18.8 Å². The zero-order valence-corrected chi connectivity index (χ0v) is 11.1. The summed E-state index contributed by atoms with van der Waals surface area (Å²) in [5, 5.41) is 0.849. The lowest BCUT2D eigenvalue weighted by Crippen LogP contribution is -2.49. The molecule has 1 aliphatic rings. The number of morpholine rings is 1. The van der Waals surface area contributed by atoms with Crippen LogP contribution < -0.4 is 4.90 Å². The zero-order chi connectivity index (χ0) is 11.5. The summed E-state index contributed by atoms with van der Waals surface area (Å²) < 4.78 is 5.68. The minimum atomic E-state index is 0.223. The van der Waals surface area contributed by atoms with Gasteiger partial charge in [-0.1, -0.05) is 15.9 Å². The molecule has 2 unspecified atom stereocenters.